The van der Waals surface area contributed by atoms with Gasteiger partial charge in [-0.1, -0.05) is 11.6 Å². The first-order chi connectivity index (χ1) is 10.1. The van der Waals surface area contributed by atoms with Crippen LogP contribution in [-0.4, -0.2) is 29.5 Å². The zero-order chi connectivity index (χ0) is 15.4. The summed E-state index contributed by atoms with van der Waals surface area (Å²) in [6.45, 7) is 4.53. The number of pyridine rings is 2. The number of amides is 1. The lowest BCUT2D eigenvalue weighted by atomic mass is 10.2. The quantitative estimate of drug-likeness (QED) is 0.882. The van der Waals surface area contributed by atoms with Crippen molar-refractivity contribution in [3.63, 3.8) is 0 Å². The van der Waals surface area contributed by atoms with E-state index >= 15 is 0 Å². The Balaban J connectivity index is 2.40. The SMILES string of the molecule is CCNc1ncccc1C(=O)N(C)c1c(C)ccnc1Cl. The molecule has 110 valence electrons. The molecule has 21 heavy (non-hydrogen) atoms. The number of carbonyl (C=O) groups is 1. The Bertz CT molecular complexity index is 640. The molecule has 0 bridgehead atoms. The Morgan fingerprint density at radius 3 is 2.76 bits per heavy atom. The van der Waals surface area contributed by atoms with E-state index in [1.807, 2.05) is 19.9 Å². The van der Waals surface area contributed by atoms with Crippen LogP contribution in [0.2, 0.25) is 5.15 Å². The van der Waals surface area contributed by atoms with E-state index in [1.54, 1.807) is 31.6 Å². The lowest BCUT2D eigenvalue weighted by molar-refractivity contribution is 0.0993. The van der Waals surface area contributed by atoms with Gasteiger partial charge < -0.3 is 10.2 Å². The molecule has 0 spiro atoms. The Hall–Kier alpha value is -2.14. The van der Waals surface area contributed by atoms with Gasteiger partial charge in [0, 0.05) is 26.0 Å². The Morgan fingerprint density at radius 1 is 1.33 bits per heavy atom. The third-order valence-electron chi connectivity index (χ3n) is 3.10. The molecule has 0 aliphatic rings. The molecular formula is C15H17ClN4O. The third kappa shape index (κ3) is 3.13. The predicted molar refractivity (Wildman–Crippen MR) is 85.1 cm³/mol. The minimum atomic E-state index is -0.183. The van der Waals surface area contributed by atoms with Gasteiger partial charge in [-0.25, -0.2) is 9.97 Å². The maximum atomic E-state index is 12.7. The zero-order valence-corrected chi connectivity index (χ0v) is 13.0. The Morgan fingerprint density at radius 2 is 2.10 bits per heavy atom. The molecule has 0 aliphatic heterocycles. The number of hydrogen-bond acceptors (Lipinski definition) is 4. The topological polar surface area (TPSA) is 58.1 Å². The fourth-order valence-corrected chi connectivity index (χ4v) is 2.42. The standard InChI is InChI=1S/C15H17ClN4O/c1-4-17-14-11(6-5-8-19-14)15(21)20(3)12-10(2)7-9-18-13(12)16/h5-9H,4H2,1-3H3,(H,17,19). The predicted octanol–water partition coefficient (Wildman–Crippen LogP) is 3.15. The average molecular weight is 305 g/mol. The van der Waals surface area contributed by atoms with Crippen molar-refractivity contribution in [1.29, 1.82) is 0 Å². The molecule has 5 nitrogen and oxygen atoms in total. The maximum Gasteiger partial charge on any atom is 0.261 e. The Labute approximate surface area is 129 Å². The number of aromatic nitrogens is 2. The van der Waals surface area contributed by atoms with E-state index in [4.69, 9.17) is 11.6 Å². The number of nitrogens with zero attached hydrogens (tertiary/aromatic N) is 3. The second-order valence-electron chi connectivity index (χ2n) is 4.56. The van der Waals surface area contributed by atoms with E-state index in [9.17, 15) is 4.79 Å². The summed E-state index contributed by atoms with van der Waals surface area (Å²) in [5, 5.41) is 3.39. The molecule has 0 unspecified atom stereocenters. The minimum Gasteiger partial charge on any atom is -0.370 e. The second-order valence-corrected chi connectivity index (χ2v) is 4.92. The highest BCUT2D eigenvalue weighted by Crippen LogP contribution is 2.28. The summed E-state index contributed by atoms with van der Waals surface area (Å²) < 4.78 is 0. The molecule has 0 fully saturated rings. The molecule has 2 aromatic heterocycles. The molecule has 2 rings (SSSR count). The lowest BCUT2D eigenvalue weighted by Gasteiger charge is -2.21. The molecule has 0 aliphatic carbocycles. The molecule has 2 aromatic rings. The first-order valence-corrected chi connectivity index (χ1v) is 7.02. The molecule has 2 heterocycles. The van der Waals surface area contributed by atoms with Crippen LogP contribution in [0, 0.1) is 6.92 Å². The highest BCUT2D eigenvalue weighted by Gasteiger charge is 2.21. The molecule has 0 atom stereocenters. The monoisotopic (exact) mass is 304 g/mol. The fourth-order valence-electron chi connectivity index (χ4n) is 2.09. The van der Waals surface area contributed by atoms with Gasteiger partial charge >= 0.3 is 0 Å². The van der Waals surface area contributed by atoms with Gasteiger partial charge in [0.05, 0.1) is 11.3 Å². The lowest BCUT2D eigenvalue weighted by Crippen LogP contribution is -2.28. The van der Waals surface area contributed by atoms with E-state index in [0.29, 0.717) is 28.8 Å². The average Bonchev–Trinajstić information content (AvgIpc) is 2.47. The van der Waals surface area contributed by atoms with Crippen LogP contribution in [0.25, 0.3) is 0 Å². The maximum absolute atomic E-state index is 12.7. The van der Waals surface area contributed by atoms with Crippen LogP contribution < -0.4 is 10.2 Å². The first-order valence-electron chi connectivity index (χ1n) is 6.64. The highest BCUT2D eigenvalue weighted by atomic mass is 35.5. The molecule has 0 aromatic carbocycles. The normalized spacial score (nSPS) is 10.3. The van der Waals surface area contributed by atoms with Gasteiger partial charge in [-0.15, -0.1) is 0 Å². The van der Waals surface area contributed by atoms with Crippen molar-refractivity contribution in [3.8, 4) is 0 Å². The van der Waals surface area contributed by atoms with Gasteiger partial charge in [-0.05, 0) is 37.6 Å². The van der Waals surface area contributed by atoms with Crippen LogP contribution in [0.3, 0.4) is 0 Å². The third-order valence-corrected chi connectivity index (χ3v) is 3.38. The number of anilines is 2. The number of nitrogens with one attached hydrogen (secondary N) is 1. The first kappa shape index (κ1) is 15.3. The van der Waals surface area contributed by atoms with Gasteiger partial charge in [0.25, 0.3) is 5.91 Å². The van der Waals surface area contributed by atoms with Crippen LogP contribution >= 0.6 is 11.6 Å². The molecular weight excluding hydrogens is 288 g/mol. The van der Waals surface area contributed by atoms with Gasteiger partial charge in [0.15, 0.2) is 5.15 Å². The largest absolute Gasteiger partial charge is 0.370 e. The highest BCUT2D eigenvalue weighted by molar-refractivity contribution is 6.33. The second kappa shape index (κ2) is 6.54. The summed E-state index contributed by atoms with van der Waals surface area (Å²) in [6, 6.07) is 5.29. The van der Waals surface area contributed by atoms with Gasteiger partial charge in [0.2, 0.25) is 0 Å². The summed E-state index contributed by atoms with van der Waals surface area (Å²) in [4.78, 5) is 22.4. The van der Waals surface area contributed by atoms with Gasteiger partial charge in [-0.2, -0.15) is 0 Å². The number of aryl methyl sites for hydroxylation is 1. The van der Waals surface area contributed by atoms with Crippen molar-refractivity contribution in [2.24, 2.45) is 0 Å². The van der Waals surface area contributed by atoms with E-state index in [-0.39, 0.29) is 5.91 Å². The minimum absolute atomic E-state index is 0.183. The Kier molecular flexibility index (Phi) is 4.75. The number of hydrogen-bond donors (Lipinski definition) is 1. The van der Waals surface area contributed by atoms with Crippen molar-refractivity contribution < 1.29 is 4.79 Å². The van der Waals surface area contributed by atoms with E-state index in [0.717, 1.165) is 5.56 Å². The molecule has 1 amide bonds. The van der Waals surface area contributed by atoms with Crippen molar-refractivity contribution >= 4 is 29.0 Å². The van der Waals surface area contributed by atoms with Crippen molar-refractivity contribution in [2.45, 2.75) is 13.8 Å². The van der Waals surface area contributed by atoms with Crippen LogP contribution in [0.4, 0.5) is 11.5 Å². The van der Waals surface area contributed by atoms with Crippen molar-refractivity contribution in [3.05, 3.63) is 46.9 Å². The summed E-state index contributed by atoms with van der Waals surface area (Å²) in [5.41, 5.74) is 2.00. The molecule has 1 N–H and O–H groups in total. The summed E-state index contributed by atoms with van der Waals surface area (Å²) in [5.74, 6) is 0.381. The smallest absolute Gasteiger partial charge is 0.261 e. The van der Waals surface area contributed by atoms with E-state index in [1.165, 1.54) is 4.90 Å². The zero-order valence-electron chi connectivity index (χ0n) is 12.2. The number of rotatable bonds is 4. The van der Waals surface area contributed by atoms with Crippen LogP contribution in [0.15, 0.2) is 30.6 Å². The van der Waals surface area contributed by atoms with E-state index in [2.05, 4.69) is 15.3 Å². The van der Waals surface area contributed by atoms with Crippen molar-refractivity contribution in [1.82, 2.24) is 9.97 Å². The van der Waals surface area contributed by atoms with Gasteiger partial charge in [0.1, 0.15) is 5.82 Å². The number of halogens is 1. The molecule has 0 saturated heterocycles. The van der Waals surface area contributed by atoms with Crippen molar-refractivity contribution in [2.75, 3.05) is 23.8 Å². The fraction of sp³-hybridized carbons (Fsp3) is 0.267. The van der Waals surface area contributed by atoms with Crippen LogP contribution in [-0.2, 0) is 0 Å². The summed E-state index contributed by atoms with van der Waals surface area (Å²) in [7, 11) is 1.68. The molecule has 0 radical (unpaired) electrons. The van der Waals surface area contributed by atoms with E-state index < -0.39 is 0 Å². The number of carbonyl (C=O) groups excluding carboxylic acids is 1. The van der Waals surface area contributed by atoms with Gasteiger partial charge in [-0.3, -0.25) is 4.79 Å². The summed E-state index contributed by atoms with van der Waals surface area (Å²) >= 11 is 6.12. The van der Waals surface area contributed by atoms with Crippen LogP contribution in [0.1, 0.15) is 22.8 Å². The summed E-state index contributed by atoms with van der Waals surface area (Å²) in [6.07, 6.45) is 3.27. The molecule has 6 heteroatoms. The van der Waals surface area contributed by atoms with Crippen LogP contribution in [0.5, 0.6) is 0 Å². The molecule has 0 saturated carbocycles.